The monoisotopic (exact) mass is 210 g/mol. The molecular weight excluding hydrogens is 188 g/mol. The second-order valence-corrected chi connectivity index (χ2v) is 4.82. The molecule has 2 rings (SSSR count). The van der Waals surface area contributed by atoms with Crippen molar-refractivity contribution in [3.8, 4) is 0 Å². The molecule has 1 aliphatic heterocycles. The Morgan fingerprint density at radius 3 is 2.73 bits per heavy atom. The van der Waals surface area contributed by atoms with Gasteiger partial charge in [-0.3, -0.25) is 4.99 Å². The Balaban J connectivity index is 1.81. The maximum Gasteiger partial charge on any atom is 0.191 e. The molecule has 0 aromatic heterocycles. The highest BCUT2D eigenvalue weighted by Gasteiger charge is 2.27. The quantitative estimate of drug-likeness (QED) is 0.544. The van der Waals surface area contributed by atoms with E-state index in [-0.39, 0.29) is 0 Å². The highest BCUT2D eigenvalue weighted by Crippen LogP contribution is 2.25. The SMILES string of the molecule is CN1CCCC1CN=C(N)N(C)C1CC1. The normalized spacial score (nSPS) is 28.4. The molecule has 0 aromatic carbocycles. The summed E-state index contributed by atoms with van der Waals surface area (Å²) in [5.74, 6) is 0.720. The Bertz CT molecular complexity index is 247. The van der Waals surface area contributed by atoms with Crippen molar-refractivity contribution in [2.24, 2.45) is 10.7 Å². The lowest BCUT2D eigenvalue weighted by molar-refractivity contribution is 0.316. The summed E-state index contributed by atoms with van der Waals surface area (Å²) in [7, 11) is 4.23. The molecular formula is C11H22N4. The molecule has 4 heteroatoms. The number of nitrogens with zero attached hydrogens (tertiary/aromatic N) is 3. The van der Waals surface area contributed by atoms with Crippen LogP contribution in [0.3, 0.4) is 0 Å². The van der Waals surface area contributed by atoms with E-state index >= 15 is 0 Å². The molecule has 0 bridgehead atoms. The molecule has 1 saturated carbocycles. The smallest absolute Gasteiger partial charge is 0.191 e. The van der Waals surface area contributed by atoms with Gasteiger partial charge in [0.2, 0.25) is 0 Å². The number of likely N-dealkylation sites (N-methyl/N-ethyl adjacent to an activating group) is 1. The van der Waals surface area contributed by atoms with Crippen LogP contribution in [0.5, 0.6) is 0 Å². The molecule has 2 N–H and O–H groups in total. The maximum absolute atomic E-state index is 5.94. The molecule has 86 valence electrons. The van der Waals surface area contributed by atoms with Crippen molar-refractivity contribution in [1.82, 2.24) is 9.80 Å². The molecule has 2 fully saturated rings. The highest BCUT2D eigenvalue weighted by atomic mass is 15.3. The van der Waals surface area contributed by atoms with Crippen LogP contribution in [-0.2, 0) is 0 Å². The Morgan fingerprint density at radius 1 is 1.47 bits per heavy atom. The first-order valence-electron chi connectivity index (χ1n) is 5.91. The van der Waals surface area contributed by atoms with Crippen molar-refractivity contribution < 1.29 is 0 Å². The number of aliphatic imine (C=N–C) groups is 1. The summed E-state index contributed by atoms with van der Waals surface area (Å²) >= 11 is 0. The predicted molar refractivity (Wildman–Crippen MR) is 62.9 cm³/mol. The minimum atomic E-state index is 0.608. The molecule has 15 heavy (non-hydrogen) atoms. The van der Waals surface area contributed by atoms with Gasteiger partial charge in [-0.15, -0.1) is 0 Å². The van der Waals surface area contributed by atoms with Crippen molar-refractivity contribution in [3.05, 3.63) is 0 Å². The average Bonchev–Trinajstić information content (AvgIpc) is 2.99. The molecule has 4 nitrogen and oxygen atoms in total. The van der Waals surface area contributed by atoms with E-state index in [2.05, 4.69) is 28.9 Å². The van der Waals surface area contributed by atoms with Gasteiger partial charge in [0.1, 0.15) is 0 Å². The molecule has 1 unspecified atom stereocenters. The van der Waals surface area contributed by atoms with Crippen LogP contribution in [0, 0.1) is 0 Å². The minimum absolute atomic E-state index is 0.608. The van der Waals surface area contributed by atoms with Gasteiger partial charge in [-0.1, -0.05) is 0 Å². The van der Waals surface area contributed by atoms with E-state index in [9.17, 15) is 0 Å². The van der Waals surface area contributed by atoms with Crippen LogP contribution in [0.15, 0.2) is 4.99 Å². The van der Waals surface area contributed by atoms with Gasteiger partial charge in [0.25, 0.3) is 0 Å². The molecule has 1 heterocycles. The topological polar surface area (TPSA) is 44.9 Å². The van der Waals surface area contributed by atoms with E-state index in [1.54, 1.807) is 0 Å². The van der Waals surface area contributed by atoms with Gasteiger partial charge in [0.15, 0.2) is 5.96 Å². The number of rotatable bonds is 3. The third-order valence-electron chi connectivity index (χ3n) is 3.59. The average molecular weight is 210 g/mol. The van der Waals surface area contributed by atoms with E-state index in [1.807, 2.05) is 0 Å². The second-order valence-electron chi connectivity index (χ2n) is 4.82. The van der Waals surface area contributed by atoms with Crippen molar-refractivity contribution in [2.75, 3.05) is 27.2 Å². The van der Waals surface area contributed by atoms with Crippen LogP contribution in [0.25, 0.3) is 0 Å². The lowest BCUT2D eigenvalue weighted by Crippen LogP contribution is -2.37. The summed E-state index contributed by atoms with van der Waals surface area (Å²) in [6.07, 6.45) is 5.11. The second kappa shape index (κ2) is 4.39. The number of hydrogen-bond donors (Lipinski definition) is 1. The summed E-state index contributed by atoms with van der Waals surface area (Å²) in [6, 6.07) is 1.27. The summed E-state index contributed by atoms with van der Waals surface area (Å²) in [6.45, 7) is 2.07. The Hall–Kier alpha value is -0.770. The summed E-state index contributed by atoms with van der Waals surface area (Å²) in [4.78, 5) is 9.00. The molecule has 0 radical (unpaired) electrons. The predicted octanol–water partition coefficient (Wildman–Crippen LogP) is 0.490. The first-order chi connectivity index (χ1) is 7.18. The van der Waals surface area contributed by atoms with Gasteiger partial charge in [0.05, 0.1) is 6.54 Å². The van der Waals surface area contributed by atoms with E-state index in [0.717, 1.165) is 12.5 Å². The molecule has 1 saturated heterocycles. The zero-order chi connectivity index (χ0) is 10.8. The van der Waals surface area contributed by atoms with Gasteiger partial charge in [-0.2, -0.15) is 0 Å². The van der Waals surface area contributed by atoms with Crippen LogP contribution in [0.4, 0.5) is 0 Å². The molecule has 1 aliphatic carbocycles. The van der Waals surface area contributed by atoms with Crippen LogP contribution in [0.1, 0.15) is 25.7 Å². The van der Waals surface area contributed by atoms with Gasteiger partial charge in [-0.05, 0) is 39.3 Å². The molecule has 0 spiro atoms. The van der Waals surface area contributed by atoms with E-state index in [0.29, 0.717) is 12.1 Å². The maximum atomic E-state index is 5.94. The fraction of sp³-hybridized carbons (Fsp3) is 0.909. The first-order valence-corrected chi connectivity index (χ1v) is 5.91. The van der Waals surface area contributed by atoms with Crippen molar-refractivity contribution in [2.45, 2.75) is 37.8 Å². The van der Waals surface area contributed by atoms with Crippen LogP contribution in [0.2, 0.25) is 0 Å². The van der Waals surface area contributed by atoms with Crippen LogP contribution in [-0.4, -0.2) is 55.0 Å². The number of nitrogens with two attached hydrogens (primary N) is 1. The zero-order valence-corrected chi connectivity index (χ0v) is 9.82. The van der Waals surface area contributed by atoms with Crippen molar-refractivity contribution >= 4 is 5.96 Å². The highest BCUT2D eigenvalue weighted by molar-refractivity contribution is 5.78. The minimum Gasteiger partial charge on any atom is -0.370 e. The lowest BCUT2D eigenvalue weighted by Gasteiger charge is -2.20. The van der Waals surface area contributed by atoms with Crippen LogP contribution < -0.4 is 5.73 Å². The third-order valence-corrected chi connectivity index (χ3v) is 3.59. The number of guanidine groups is 1. The van der Waals surface area contributed by atoms with Gasteiger partial charge in [0, 0.05) is 19.1 Å². The van der Waals surface area contributed by atoms with E-state index in [4.69, 9.17) is 5.73 Å². The molecule has 1 atom stereocenters. The summed E-state index contributed by atoms with van der Waals surface area (Å²) in [5.41, 5.74) is 5.94. The molecule has 0 aromatic rings. The zero-order valence-electron chi connectivity index (χ0n) is 9.82. The van der Waals surface area contributed by atoms with Crippen LogP contribution >= 0.6 is 0 Å². The standard InChI is InChI=1S/C11H22N4/c1-14-7-3-4-10(14)8-13-11(12)15(2)9-5-6-9/h9-10H,3-8H2,1-2H3,(H2,12,13). The van der Waals surface area contributed by atoms with Crippen molar-refractivity contribution in [1.29, 1.82) is 0 Å². The number of hydrogen-bond acceptors (Lipinski definition) is 2. The van der Waals surface area contributed by atoms with Gasteiger partial charge in [-0.25, -0.2) is 0 Å². The Labute approximate surface area is 92.1 Å². The van der Waals surface area contributed by atoms with Gasteiger partial charge >= 0.3 is 0 Å². The lowest BCUT2D eigenvalue weighted by atomic mass is 10.2. The fourth-order valence-corrected chi connectivity index (χ4v) is 2.17. The van der Waals surface area contributed by atoms with E-state index in [1.165, 1.54) is 32.2 Å². The summed E-state index contributed by atoms with van der Waals surface area (Å²) < 4.78 is 0. The molecule has 0 amide bonds. The fourth-order valence-electron chi connectivity index (χ4n) is 2.17. The van der Waals surface area contributed by atoms with Gasteiger partial charge < -0.3 is 15.5 Å². The Kier molecular flexibility index (Phi) is 3.14. The van der Waals surface area contributed by atoms with Crippen molar-refractivity contribution in [3.63, 3.8) is 0 Å². The van der Waals surface area contributed by atoms with E-state index < -0.39 is 0 Å². The third kappa shape index (κ3) is 2.62. The molecule has 2 aliphatic rings. The number of likely N-dealkylation sites (tertiary alicyclic amines) is 1. The Morgan fingerprint density at radius 2 is 2.20 bits per heavy atom. The first kappa shape index (κ1) is 10.7. The largest absolute Gasteiger partial charge is 0.370 e. The summed E-state index contributed by atoms with van der Waals surface area (Å²) in [5, 5.41) is 0.